The Kier molecular flexibility index (Phi) is 6.09. The number of Topliss-reactive ketones (excluding diaryl/α,β-unsaturated/α-hetero) is 1. The van der Waals surface area contributed by atoms with Gasteiger partial charge in [-0.15, -0.1) is 6.58 Å². The number of aliphatic hydroxyl groups is 1. The SMILES string of the molecule is C=C[C@]1(C)C[C@@H](OC(=O)N2Cc3c(OC)cccc3C2=O)[C@@]2(C)C3C(=O)CC[C@@]3(CC[C@H]2C)[C@@H](C)[C@@H]1O. The molecule has 0 radical (unpaired) electrons. The van der Waals surface area contributed by atoms with Crippen LogP contribution in [0.1, 0.15) is 75.7 Å². The van der Waals surface area contributed by atoms with E-state index in [4.69, 9.17) is 9.47 Å². The summed E-state index contributed by atoms with van der Waals surface area (Å²) in [4.78, 5) is 41.6. The summed E-state index contributed by atoms with van der Waals surface area (Å²) < 4.78 is 11.7. The lowest BCUT2D eigenvalue weighted by molar-refractivity contribution is -0.192. The fourth-order valence-electron chi connectivity index (χ4n) is 8.33. The topological polar surface area (TPSA) is 93.1 Å². The van der Waals surface area contributed by atoms with E-state index in [0.717, 1.165) is 24.2 Å². The van der Waals surface area contributed by atoms with Crippen LogP contribution in [-0.4, -0.2) is 47.1 Å². The number of hydrogen-bond donors (Lipinski definition) is 1. The molecule has 8 atom stereocenters. The molecule has 0 spiro atoms. The number of hydrogen-bond acceptors (Lipinski definition) is 6. The summed E-state index contributed by atoms with van der Waals surface area (Å²) in [5.74, 6) is 0.0413. The van der Waals surface area contributed by atoms with Gasteiger partial charge in [0.15, 0.2) is 0 Å². The molecule has 1 aromatic carbocycles. The van der Waals surface area contributed by atoms with Gasteiger partial charge in [0, 0.05) is 34.3 Å². The number of benzene rings is 1. The van der Waals surface area contributed by atoms with E-state index in [1.54, 1.807) is 24.3 Å². The zero-order chi connectivity index (χ0) is 26.9. The number of amides is 2. The van der Waals surface area contributed by atoms with E-state index in [9.17, 15) is 19.5 Å². The Bertz CT molecular complexity index is 1160. The normalized spacial score (nSPS) is 40.9. The first-order valence-corrected chi connectivity index (χ1v) is 13.5. The number of methoxy groups -OCH3 is 1. The molecule has 7 heteroatoms. The summed E-state index contributed by atoms with van der Waals surface area (Å²) in [5, 5.41) is 11.7. The number of carbonyl (C=O) groups excluding carboxylic acids is 3. The zero-order valence-electron chi connectivity index (χ0n) is 22.6. The van der Waals surface area contributed by atoms with Gasteiger partial charge < -0.3 is 14.6 Å². The third-order valence-corrected chi connectivity index (χ3v) is 10.9. The van der Waals surface area contributed by atoms with Crippen LogP contribution in [0.4, 0.5) is 4.79 Å². The number of rotatable bonds is 3. The molecule has 1 N–H and O–H groups in total. The van der Waals surface area contributed by atoms with Gasteiger partial charge in [0.2, 0.25) is 0 Å². The Hall–Kier alpha value is -2.67. The predicted octanol–water partition coefficient (Wildman–Crippen LogP) is 5.15. The van der Waals surface area contributed by atoms with Crippen LogP contribution in [0.3, 0.4) is 0 Å². The third-order valence-electron chi connectivity index (χ3n) is 10.9. The molecular formula is C30H39NO6. The third kappa shape index (κ3) is 3.45. The average Bonchev–Trinajstić information content (AvgIpc) is 3.42. The molecule has 4 aliphatic rings. The number of ether oxygens (including phenoxy) is 2. The largest absolute Gasteiger partial charge is 0.496 e. The van der Waals surface area contributed by atoms with Gasteiger partial charge in [0.1, 0.15) is 17.6 Å². The standard InChI is InChI=1S/C30H39NO6/c1-7-28(4)15-23(37-27(35)31-16-20-19(26(31)34)9-8-10-22(20)36-6)29(5)17(2)11-13-30(18(3)25(28)33)14-12-21(32)24(29)30/h7-10,17-18,23-25,33H,1,11-16H2,2-6H3/t17-,18+,23-,24?,25+,28-,29+,30+/m1/s1. The number of nitrogens with zero attached hydrogens (tertiary/aromatic N) is 1. The van der Waals surface area contributed by atoms with Crippen molar-refractivity contribution in [1.29, 1.82) is 0 Å². The van der Waals surface area contributed by atoms with Crippen molar-refractivity contribution >= 4 is 17.8 Å². The average molecular weight is 510 g/mol. The second kappa shape index (κ2) is 8.69. The highest BCUT2D eigenvalue weighted by atomic mass is 16.6. The van der Waals surface area contributed by atoms with Crippen molar-refractivity contribution in [3.05, 3.63) is 42.0 Å². The Morgan fingerprint density at radius 2 is 1.95 bits per heavy atom. The van der Waals surface area contributed by atoms with Crippen LogP contribution in [0.2, 0.25) is 0 Å². The Morgan fingerprint density at radius 1 is 1.22 bits per heavy atom. The molecule has 0 saturated heterocycles. The maximum absolute atomic E-state index is 13.7. The molecule has 3 aliphatic carbocycles. The minimum absolute atomic E-state index is 0.0701. The van der Waals surface area contributed by atoms with Crippen LogP contribution in [0, 0.1) is 34.0 Å². The van der Waals surface area contributed by atoms with Crippen LogP contribution in [0.15, 0.2) is 30.9 Å². The second-order valence-electron chi connectivity index (χ2n) is 12.3. The molecule has 7 nitrogen and oxygen atoms in total. The van der Waals surface area contributed by atoms with E-state index < -0.39 is 35.0 Å². The summed E-state index contributed by atoms with van der Waals surface area (Å²) in [6.45, 7) is 12.4. The van der Waals surface area contributed by atoms with Gasteiger partial charge in [-0.25, -0.2) is 9.69 Å². The lowest BCUT2D eigenvalue weighted by Crippen LogP contribution is -2.63. The highest BCUT2D eigenvalue weighted by Gasteiger charge is 2.68. The van der Waals surface area contributed by atoms with Gasteiger partial charge in [-0.2, -0.15) is 0 Å². The van der Waals surface area contributed by atoms with Gasteiger partial charge in [-0.3, -0.25) is 9.59 Å². The molecule has 1 aromatic rings. The summed E-state index contributed by atoms with van der Waals surface area (Å²) in [6.07, 6.45) is 2.94. The van der Waals surface area contributed by atoms with Gasteiger partial charge in [-0.1, -0.05) is 39.8 Å². The van der Waals surface area contributed by atoms with Crippen LogP contribution in [0.5, 0.6) is 5.75 Å². The molecule has 2 amide bonds. The van der Waals surface area contributed by atoms with Crippen LogP contribution < -0.4 is 4.74 Å². The number of imide groups is 1. The van der Waals surface area contributed by atoms with E-state index >= 15 is 0 Å². The second-order valence-corrected chi connectivity index (χ2v) is 12.3. The Morgan fingerprint density at radius 3 is 2.62 bits per heavy atom. The fourth-order valence-corrected chi connectivity index (χ4v) is 8.33. The lowest BCUT2D eigenvalue weighted by atomic mass is 9.44. The number of carbonyl (C=O) groups is 3. The van der Waals surface area contributed by atoms with Crippen molar-refractivity contribution in [3.63, 3.8) is 0 Å². The molecule has 3 fully saturated rings. The van der Waals surface area contributed by atoms with Crippen molar-refractivity contribution in [2.75, 3.05) is 7.11 Å². The van der Waals surface area contributed by atoms with Crippen LogP contribution >= 0.6 is 0 Å². The maximum atomic E-state index is 13.7. The number of ketones is 1. The van der Waals surface area contributed by atoms with Gasteiger partial charge in [0.05, 0.1) is 19.8 Å². The van der Waals surface area contributed by atoms with Crippen molar-refractivity contribution in [1.82, 2.24) is 4.90 Å². The zero-order valence-corrected chi connectivity index (χ0v) is 22.6. The van der Waals surface area contributed by atoms with E-state index in [0.29, 0.717) is 29.7 Å². The molecule has 1 unspecified atom stereocenters. The van der Waals surface area contributed by atoms with Crippen molar-refractivity contribution in [3.8, 4) is 5.75 Å². The molecular weight excluding hydrogens is 470 g/mol. The fraction of sp³-hybridized carbons (Fsp3) is 0.633. The molecule has 1 aliphatic heterocycles. The van der Waals surface area contributed by atoms with Crippen molar-refractivity contribution in [2.24, 2.45) is 34.0 Å². The summed E-state index contributed by atoms with van der Waals surface area (Å²) >= 11 is 0. The van der Waals surface area contributed by atoms with Crippen LogP contribution in [0.25, 0.3) is 0 Å². The minimum Gasteiger partial charge on any atom is -0.496 e. The smallest absolute Gasteiger partial charge is 0.417 e. The highest BCUT2D eigenvalue weighted by Crippen LogP contribution is 2.68. The minimum atomic E-state index is -0.737. The molecule has 37 heavy (non-hydrogen) atoms. The van der Waals surface area contributed by atoms with Gasteiger partial charge in [0.25, 0.3) is 5.91 Å². The number of fused-ring (bicyclic) bond motifs is 1. The van der Waals surface area contributed by atoms with Gasteiger partial charge >= 0.3 is 6.09 Å². The molecule has 2 bridgehead atoms. The van der Waals surface area contributed by atoms with Crippen LogP contribution in [-0.2, 0) is 16.1 Å². The molecule has 5 rings (SSSR count). The molecule has 0 aromatic heterocycles. The van der Waals surface area contributed by atoms with E-state index in [-0.39, 0.29) is 35.5 Å². The highest BCUT2D eigenvalue weighted by molar-refractivity contribution is 6.07. The summed E-state index contributed by atoms with van der Waals surface area (Å²) in [5.41, 5.74) is -0.621. The van der Waals surface area contributed by atoms with E-state index in [1.165, 1.54) is 7.11 Å². The maximum Gasteiger partial charge on any atom is 0.417 e. The first kappa shape index (κ1) is 26.0. The quantitative estimate of drug-likeness (QED) is 0.567. The Labute approximate surface area is 219 Å². The first-order chi connectivity index (χ1) is 17.4. The molecule has 1 heterocycles. The van der Waals surface area contributed by atoms with Gasteiger partial charge in [-0.05, 0) is 55.1 Å². The van der Waals surface area contributed by atoms with E-state index in [1.807, 2.05) is 6.92 Å². The number of aliphatic hydroxyl groups excluding tert-OH is 1. The monoisotopic (exact) mass is 509 g/mol. The first-order valence-electron chi connectivity index (χ1n) is 13.5. The molecule has 3 saturated carbocycles. The van der Waals surface area contributed by atoms with Crippen molar-refractivity contribution in [2.45, 2.75) is 78.6 Å². The lowest BCUT2D eigenvalue weighted by Gasteiger charge is -2.61. The Balaban J connectivity index is 1.55. The predicted molar refractivity (Wildman–Crippen MR) is 138 cm³/mol. The summed E-state index contributed by atoms with van der Waals surface area (Å²) in [6, 6.07) is 5.18. The molecule has 200 valence electrons. The summed E-state index contributed by atoms with van der Waals surface area (Å²) in [7, 11) is 1.54. The van der Waals surface area contributed by atoms with Crippen molar-refractivity contribution < 1.29 is 29.0 Å². The van der Waals surface area contributed by atoms with E-state index in [2.05, 4.69) is 27.4 Å².